The number of halogens is 2. The fourth-order valence-electron chi connectivity index (χ4n) is 2.68. The number of nitrogens with zero attached hydrogens (tertiary/aromatic N) is 2. The monoisotopic (exact) mass is 475 g/mol. The lowest BCUT2D eigenvalue weighted by Gasteiger charge is -2.12. The first kappa shape index (κ1) is 21.4. The predicted octanol–water partition coefficient (Wildman–Crippen LogP) is 5.41. The number of aromatic nitrogens is 1. The third-order valence-electron chi connectivity index (χ3n) is 4.15. The summed E-state index contributed by atoms with van der Waals surface area (Å²) in [5.41, 5.74) is 1.42. The van der Waals surface area contributed by atoms with Gasteiger partial charge in [-0.25, -0.2) is 9.37 Å². The minimum Gasteiger partial charge on any atom is -0.493 e. The van der Waals surface area contributed by atoms with Crippen molar-refractivity contribution in [1.29, 1.82) is 0 Å². The lowest BCUT2D eigenvalue weighted by molar-refractivity contribution is -0.115. The summed E-state index contributed by atoms with van der Waals surface area (Å²) in [6.45, 7) is 0.157. The van der Waals surface area contributed by atoms with Gasteiger partial charge < -0.3 is 14.8 Å². The molecule has 0 radical (unpaired) electrons. The number of thioether (sulfide) groups is 1. The normalized spacial score (nSPS) is 16.0. The van der Waals surface area contributed by atoms with Crippen molar-refractivity contribution in [2.75, 3.05) is 7.11 Å². The van der Waals surface area contributed by atoms with Crippen molar-refractivity contribution in [3.63, 3.8) is 0 Å². The van der Waals surface area contributed by atoms with E-state index >= 15 is 0 Å². The standard InChI is InChI=1S/C21H15ClFN3O3S2/c1-28-17-8-12(2-5-16(17)29-11-13-3-4-14(23)10-15(13)22)9-18-19(27)25-21(31-18)26-20-24-6-7-30-20/h2-10H,11H2,1H3,(H,24,25,26,27). The van der Waals surface area contributed by atoms with E-state index in [0.29, 0.717) is 37.3 Å². The van der Waals surface area contributed by atoms with Gasteiger partial charge in [-0.05, 0) is 47.7 Å². The topological polar surface area (TPSA) is 72.8 Å². The van der Waals surface area contributed by atoms with Crippen LogP contribution < -0.4 is 14.8 Å². The number of rotatable bonds is 6. The molecule has 31 heavy (non-hydrogen) atoms. The molecule has 4 rings (SSSR count). The Hall–Kier alpha value is -2.88. The summed E-state index contributed by atoms with van der Waals surface area (Å²) in [7, 11) is 1.53. The minimum absolute atomic E-state index is 0.157. The molecule has 1 aromatic heterocycles. The van der Waals surface area contributed by atoms with Crippen molar-refractivity contribution < 1.29 is 18.7 Å². The van der Waals surface area contributed by atoms with Crippen molar-refractivity contribution in [2.24, 2.45) is 4.99 Å². The quantitative estimate of drug-likeness (QED) is 0.482. The number of amidine groups is 1. The van der Waals surface area contributed by atoms with Crippen molar-refractivity contribution in [3.05, 3.63) is 74.8 Å². The summed E-state index contributed by atoms with van der Waals surface area (Å²) >= 11 is 8.67. The minimum atomic E-state index is -0.405. The molecule has 0 unspecified atom stereocenters. The van der Waals surface area contributed by atoms with Crippen LogP contribution >= 0.6 is 34.7 Å². The predicted molar refractivity (Wildman–Crippen MR) is 122 cm³/mol. The number of amides is 1. The summed E-state index contributed by atoms with van der Waals surface area (Å²) in [6, 6.07) is 9.45. The highest BCUT2D eigenvalue weighted by atomic mass is 35.5. The summed E-state index contributed by atoms with van der Waals surface area (Å²) in [5.74, 6) is 0.357. The van der Waals surface area contributed by atoms with Crippen molar-refractivity contribution in [3.8, 4) is 11.5 Å². The van der Waals surface area contributed by atoms with Crippen molar-refractivity contribution >= 4 is 57.0 Å². The van der Waals surface area contributed by atoms with Crippen molar-refractivity contribution in [2.45, 2.75) is 6.61 Å². The summed E-state index contributed by atoms with van der Waals surface area (Å²) < 4.78 is 24.4. The van der Waals surface area contributed by atoms with E-state index in [1.54, 1.807) is 36.5 Å². The number of nitrogens with one attached hydrogen (secondary N) is 1. The van der Waals surface area contributed by atoms with Gasteiger partial charge in [0.1, 0.15) is 12.4 Å². The molecule has 2 heterocycles. The van der Waals surface area contributed by atoms with Gasteiger partial charge in [-0.3, -0.25) is 4.79 Å². The van der Waals surface area contributed by atoms with Gasteiger partial charge in [0.2, 0.25) is 5.13 Å². The number of carbonyl (C=O) groups excluding carboxylic acids is 1. The van der Waals surface area contributed by atoms with Crippen LogP contribution in [0, 0.1) is 5.82 Å². The van der Waals surface area contributed by atoms with Crippen LogP contribution in [0.5, 0.6) is 11.5 Å². The zero-order valence-electron chi connectivity index (χ0n) is 16.1. The fourth-order valence-corrected chi connectivity index (χ4v) is 4.29. The average molecular weight is 476 g/mol. The molecule has 3 aromatic rings. The van der Waals surface area contributed by atoms with Crippen molar-refractivity contribution in [1.82, 2.24) is 10.3 Å². The van der Waals surface area contributed by atoms with E-state index in [9.17, 15) is 9.18 Å². The summed E-state index contributed by atoms with van der Waals surface area (Å²) in [5, 5.41) is 5.89. The van der Waals surface area contributed by atoms with Crippen LogP contribution in [0.2, 0.25) is 5.02 Å². The van der Waals surface area contributed by atoms with E-state index in [-0.39, 0.29) is 12.5 Å². The molecule has 10 heteroatoms. The average Bonchev–Trinajstić information content (AvgIpc) is 3.38. The Balaban J connectivity index is 1.49. The SMILES string of the molecule is COc1cc(C=C2S/C(=N/c3nccs3)NC2=O)ccc1OCc1ccc(F)cc1Cl. The molecule has 0 aliphatic carbocycles. The lowest BCUT2D eigenvalue weighted by atomic mass is 10.2. The molecule has 0 spiro atoms. The molecule has 1 fully saturated rings. The van der Waals surface area contributed by atoms with E-state index in [1.165, 1.54) is 42.3 Å². The third kappa shape index (κ3) is 5.25. The molecular weight excluding hydrogens is 461 g/mol. The van der Waals surface area contributed by atoms with Gasteiger partial charge in [0.15, 0.2) is 16.7 Å². The maximum absolute atomic E-state index is 13.2. The number of benzene rings is 2. The van der Waals surface area contributed by atoms with Crippen LogP contribution in [0.3, 0.4) is 0 Å². The van der Waals surface area contributed by atoms with Gasteiger partial charge in [-0.15, -0.1) is 11.3 Å². The highest BCUT2D eigenvalue weighted by Gasteiger charge is 2.24. The van der Waals surface area contributed by atoms with Crippen LogP contribution in [0.15, 0.2) is 57.9 Å². The molecular formula is C21H15ClFN3O3S2. The number of hydrogen-bond donors (Lipinski definition) is 1. The Kier molecular flexibility index (Phi) is 6.55. The second-order valence-corrected chi connectivity index (χ2v) is 8.54. The third-order valence-corrected chi connectivity index (χ3v) is 6.08. The zero-order valence-corrected chi connectivity index (χ0v) is 18.5. The molecule has 1 amide bonds. The molecule has 2 aromatic carbocycles. The molecule has 1 aliphatic rings. The van der Waals surface area contributed by atoms with Gasteiger partial charge in [-0.1, -0.05) is 23.7 Å². The number of thiazole rings is 1. The van der Waals surface area contributed by atoms with Crippen LogP contribution in [-0.4, -0.2) is 23.2 Å². The molecule has 6 nitrogen and oxygen atoms in total. The Bertz CT molecular complexity index is 1180. The van der Waals surface area contributed by atoms with Gasteiger partial charge in [-0.2, -0.15) is 4.99 Å². The van der Waals surface area contributed by atoms with Gasteiger partial charge in [0.25, 0.3) is 5.91 Å². The second kappa shape index (κ2) is 9.51. The number of methoxy groups -OCH3 is 1. The largest absolute Gasteiger partial charge is 0.493 e. The number of aliphatic imine (C=N–C) groups is 1. The fraction of sp³-hybridized carbons (Fsp3) is 0.0952. The van der Waals surface area contributed by atoms with E-state index in [0.717, 1.165) is 5.56 Å². The summed E-state index contributed by atoms with van der Waals surface area (Å²) in [4.78, 5) is 21.2. The maximum Gasteiger partial charge on any atom is 0.264 e. The van der Waals surface area contributed by atoms with E-state index < -0.39 is 5.82 Å². The first-order chi connectivity index (χ1) is 15.0. The smallest absolute Gasteiger partial charge is 0.264 e. The number of carbonyl (C=O) groups is 1. The Morgan fingerprint density at radius 2 is 2.13 bits per heavy atom. The van der Waals surface area contributed by atoms with E-state index in [1.807, 2.05) is 5.38 Å². The Morgan fingerprint density at radius 3 is 2.87 bits per heavy atom. The van der Waals surface area contributed by atoms with E-state index in [4.69, 9.17) is 21.1 Å². The van der Waals surface area contributed by atoms with E-state index in [2.05, 4.69) is 15.3 Å². The zero-order chi connectivity index (χ0) is 21.8. The molecule has 1 aliphatic heterocycles. The van der Waals surface area contributed by atoms with Crippen LogP contribution in [0.1, 0.15) is 11.1 Å². The molecule has 1 saturated heterocycles. The summed E-state index contributed by atoms with van der Waals surface area (Å²) in [6.07, 6.45) is 3.40. The first-order valence-electron chi connectivity index (χ1n) is 8.95. The highest BCUT2D eigenvalue weighted by molar-refractivity contribution is 8.18. The van der Waals surface area contributed by atoms with Crippen LogP contribution in [0.25, 0.3) is 6.08 Å². The van der Waals surface area contributed by atoms with Crippen LogP contribution in [0.4, 0.5) is 9.52 Å². The van der Waals surface area contributed by atoms with Gasteiger partial charge in [0, 0.05) is 17.1 Å². The molecule has 0 saturated carbocycles. The Labute approximate surface area is 190 Å². The number of ether oxygens (including phenoxy) is 2. The first-order valence-corrected chi connectivity index (χ1v) is 11.0. The second-order valence-electron chi connectivity index (χ2n) is 6.23. The Morgan fingerprint density at radius 1 is 1.26 bits per heavy atom. The lowest BCUT2D eigenvalue weighted by Crippen LogP contribution is -2.19. The van der Waals surface area contributed by atoms with Gasteiger partial charge >= 0.3 is 0 Å². The molecule has 0 bridgehead atoms. The number of hydrogen-bond acceptors (Lipinski definition) is 7. The molecule has 0 atom stereocenters. The highest BCUT2D eigenvalue weighted by Crippen LogP contribution is 2.33. The van der Waals surface area contributed by atoms with Crippen LogP contribution in [-0.2, 0) is 11.4 Å². The molecule has 1 N–H and O–H groups in total. The molecule has 158 valence electrons. The maximum atomic E-state index is 13.2. The van der Waals surface area contributed by atoms with Gasteiger partial charge in [0.05, 0.1) is 17.0 Å².